The molecule has 0 bridgehead atoms. The van der Waals surface area contributed by atoms with Crippen molar-refractivity contribution in [2.75, 3.05) is 17.6 Å². The van der Waals surface area contributed by atoms with Gasteiger partial charge in [0.1, 0.15) is 0 Å². The fourth-order valence-corrected chi connectivity index (χ4v) is 2.13. The summed E-state index contributed by atoms with van der Waals surface area (Å²) < 4.78 is 0. The number of benzene rings is 2. The Kier molecular flexibility index (Phi) is 5.45. The molecular formula is C16H16N4O4. The van der Waals surface area contributed by atoms with E-state index in [4.69, 9.17) is 5.73 Å². The molecule has 0 spiro atoms. The highest BCUT2D eigenvalue weighted by atomic mass is 16.6. The number of amides is 2. The molecule has 2 aromatic carbocycles. The molecular weight excluding hydrogens is 312 g/mol. The number of rotatable bonds is 7. The van der Waals surface area contributed by atoms with Crippen LogP contribution in [0.2, 0.25) is 0 Å². The van der Waals surface area contributed by atoms with Gasteiger partial charge in [-0.25, -0.2) is 0 Å². The number of nitrogens with zero attached hydrogens (tertiary/aromatic N) is 1. The predicted octanol–water partition coefficient (Wildman–Crippen LogP) is 1.92. The second kappa shape index (κ2) is 7.73. The summed E-state index contributed by atoms with van der Waals surface area (Å²) in [6.07, 6.45) is 0.715. The Balaban J connectivity index is 2.08. The third-order valence-electron chi connectivity index (χ3n) is 3.31. The number of hydrogen-bond donors (Lipinski definition) is 3. The Bertz CT molecular complexity index is 759. The van der Waals surface area contributed by atoms with E-state index in [1.54, 1.807) is 30.3 Å². The van der Waals surface area contributed by atoms with E-state index in [1.165, 1.54) is 12.1 Å². The second-order valence-corrected chi connectivity index (χ2v) is 4.98. The van der Waals surface area contributed by atoms with Gasteiger partial charge in [0.25, 0.3) is 5.69 Å². The summed E-state index contributed by atoms with van der Waals surface area (Å²) in [5, 5.41) is 15.8. The first-order valence-corrected chi connectivity index (χ1v) is 7.12. The largest absolute Gasteiger partial charge is 0.398 e. The van der Waals surface area contributed by atoms with Gasteiger partial charge in [-0.2, -0.15) is 0 Å². The Labute approximate surface area is 137 Å². The van der Waals surface area contributed by atoms with Crippen molar-refractivity contribution in [1.82, 2.24) is 5.32 Å². The van der Waals surface area contributed by atoms with Crippen LogP contribution >= 0.6 is 0 Å². The molecule has 8 nitrogen and oxygen atoms in total. The van der Waals surface area contributed by atoms with Crippen LogP contribution in [-0.4, -0.2) is 23.8 Å². The van der Waals surface area contributed by atoms with Gasteiger partial charge in [0.05, 0.1) is 4.92 Å². The van der Waals surface area contributed by atoms with E-state index >= 15 is 0 Å². The van der Waals surface area contributed by atoms with Crippen LogP contribution < -0.4 is 16.4 Å². The zero-order chi connectivity index (χ0) is 17.5. The van der Waals surface area contributed by atoms with Crippen molar-refractivity contribution in [2.24, 2.45) is 0 Å². The summed E-state index contributed by atoms with van der Waals surface area (Å²) in [5.41, 5.74) is 8.17. The lowest BCUT2D eigenvalue weighted by atomic mass is 10.0. The molecule has 2 aromatic rings. The van der Waals surface area contributed by atoms with Crippen LogP contribution in [0.1, 0.15) is 6.42 Å². The van der Waals surface area contributed by atoms with E-state index in [0.29, 0.717) is 23.3 Å². The molecule has 0 heterocycles. The third-order valence-corrected chi connectivity index (χ3v) is 3.31. The van der Waals surface area contributed by atoms with Crippen LogP contribution in [0, 0.1) is 10.1 Å². The molecule has 0 aliphatic heterocycles. The van der Waals surface area contributed by atoms with Crippen molar-refractivity contribution >= 4 is 29.4 Å². The van der Waals surface area contributed by atoms with Gasteiger partial charge in [-0.1, -0.05) is 12.1 Å². The minimum atomic E-state index is -0.502. The van der Waals surface area contributed by atoms with E-state index in [9.17, 15) is 19.7 Å². The van der Waals surface area contributed by atoms with Gasteiger partial charge in [0.15, 0.2) is 0 Å². The molecule has 0 radical (unpaired) electrons. The monoisotopic (exact) mass is 328 g/mol. The molecule has 2 amide bonds. The summed E-state index contributed by atoms with van der Waals surface area (Å²) in [7, 11) is 0. The molecule has 0 aliphatic rings. The van der Waals surface area contributed by atoms with E-state index in [1.807, 2.05) is 0 Å². The lowest BCUT2D eigenvalue weighted by molar-refractivity contribution is -0.384. The SMILES string of the molecule is Nc1cc([N+](=O)[O-])ccc1-c1ccc(NC(=O)CCNC=O)cc1. The van der Waals surface area contributed by atoms with Gasteiger partial charge in [-0.3, -0.25) is 19.7 Å². The summed E-state index contributed by atoms with van der Waals surface area (Å²) in [4.78, 5) is 32.0. The number of nitro benzene ring substituents is 1. The van der Waals surface area contributed by atoms with Crippen LogP contribution in [0.4, 0.5) is 17.1 Å². The summed E-state index contributed by atoms with van der Waals surface area (Å²) >= 11 is 0. The zero-order valence-corrected chi connectivity index (χ0v) is 12.7. The number of hydrogen-bond acceptors (Lipinski definition) is 5. The van der Waals surface area contributed by atoms with E-state index in [0.717, 1.165) is 5.56 Å². The highest BCUT2D eigenvalue weighted by Crippen LogP contribution is 2.30. The fourth-order valence-electron chi connectivity index (χ4n) is 2.13. The summed E-state index contributed by atoms with van der Waals surface area (Å²) in [6.45, 7) is 0.271. The number of nitrogens with one attached hydrogen (secondary N) is 2. The van der Waals surface area contributed by atoms with Gasteiger partial charge < -0.3 is 16.4 Å². The minimum Gasteiger partial charge on any atom is -0.398 e. The van der Waals surface area contributed by atoms with E-state index in [-0.39, 0.29) is 24.6 Å². The van der Waals surface area contributed by atoms with Crippen LogP contribution in [-0.2, 0) is 9.59 Å². The number of nitrogen functional groups attached to an aromatic ring is 1. The second-order valence-electron chi connectivity index (χ2n) is 4.98. The molecule has 124 valence electrons. The maximum atomic E-state index is 11.6. The summed E-state index contributed by atoms with van der Waals surface area (Å²) in [6, 6.07) is 11.2. The molecule has 0 saturated carbocycles. The number of carbonyl (C=O) groups is 2. The molecule has 0 fully saturated rings. The van der Waals surface area contributed by atoms with Crippen LogP contribution in [0.3, 0.4) is 0 Å². The number of carbonyl (C=O) groups excluding carboxylic acids is 2. The molecule has 8 heteroatoms. The van der Waals surface area contributed by atoms with Crippen molar-refractivity contribution in [3.8, 4) is 11.1 Å². The smallest absolute Gasteiger partial charge is 0.271 e. The van der Waals surface area contributed by atoms with Gasteiger partial charge in [0.2, 0.25) is 12.3 Å². The quantitative estimate of drug-likeness (QED) is 0.235. The van der Waals surface area contributed by atoms with Crippen LogP contribution in [0.15, 0.2) is 42.5 Å². The number of non-ortho nitro benzene ring substituents is 1. The number of nitrogens with two attached hydrogens (primary N) is 1. The van der Waals surface area contributed by atoms with Gasteiger partial charge in [0, 0.05) is 42.0 Å². The molecule has 2 rings (SSSR count). The molecule has 24 heavy (non-hydrogen) atoms. The lowest BCUT2D eigenvalue weighted by Crippen LogP contribution is -2.20. The first-order chi connectivity index (χ1) is 11.5. The molecule has 0 aromatic heterocycles. The third kappa shape index (κ3) is 4.29. The lowest BCUT2D eigenvalue weighted by Gasteiger charge is -2.08. The van der Waals surface area contributed by atoms with E-state index < -0.39 is 4.92 Å². The van der Waals surface area contributed by atoms with Crippen LogP contribution in [0.25, 0.3) is 11.1 Å². The van der Waals surface area contributed by atoms with Crippen molar-refractivity contribution < 1.29 is 14.5 Å². The maximum Gasteiger partial charge on any atom is 0.271 e. The van der Waals surface area contributed by atoms with Crippen LogP contribution in [0.5, 0.6) is 0 Å². The van der Waals surface area contributed by atoms with Crippen molar-refractivity contribution in [1.29, 1.82) is 0 Å². The molecule has 4 N–H and O–H groups in total. The van der Waals surface area contributed by atoms with Crippen molar-refractivity contribution in [2.45, 2.75) is 6.42 Å². The molecule has 0 aliphatic carbocycles. The standard InChI is InChI=1S/C16H16N4O4/c17-15-9-13(20(23)24)5-6-14(15)11-1-3-12(4-2-11)19-16(22)7-8-18-10-21/h1-6,9-10H,7-8,17H2,(H,18,21)(H,19,22). The van der Waals surface area contributed by atoms with Crippen molar-refractivity contribution in [3.05, 3.63) is 52.6 Å². The average Bonchev–Trinajstić information content (AvgIpc) is 2.56. The Hall–Kier alpha value is -3.42. The zero-order valence-electron chi connectivity index (χ0n) is 12.7. The average molecular weight is 328 g/mol. The Morgan fingerprint density at radius 1 is 1.21 bits per heavy atom. The first kappa shape index (κ1) is 16.9. The van der Waals surface area contributed by atoms with Gasteiger partial charge in [-0.05, 0) is 23.8 Å². The minimum absolute atomic E-state index is 0.0657. The highest BCUT2D eigenvalue weighted by Gasteiger charge is 2.10. The number of nitro groups is 1. The summed E-state index contributed by atoms with van der Waals surface area (Å²) in [5.74, 6) is -0.216. The van der Waals surface area contributed by atoms with Gasteiger partial charge in [-0.15, -0.1) is 0 Å². The van der Waals surface area contributed by atoms with E-state index in [2.05, 4.69) is 10.6 Å². The predicted molar refractivity (Wildman–Crippen MR) is 90.3 cm³/mol. The maximum absolute atomic E-state index is 11.6. The van der Waals surface area contributed by atoms with Crippen molar-refractivity contribution in [3.63, 3.8) is 0 Å². The molecule has 0 atom stereocenters. The normalized spacial score (nSPS) is 10.0. The Morgan fingerprint density at radius 3 is 2.50 bits per heavy atom. The number of anilines is 2. The fraction of sp³-hybridized carbons (Fsp3) is 0.125. The van der Waals surface area contributed by atoms with Gasteiger partial charge >= 0.3 is 0 Å². The topological polar surface area (TPSA) is 127 Å². The Morgan fingerprint density at radius 2 is 1.92 bits per heavy atom. The molecule has 0 unspecified atom stereocenters. The first-order valence-electron chi connectivity index (χ1n) is 7.12. The molecule has 0 saturated heterocycles. The highest BCUT2D eigenvalue weighted by molar-refractivity contribution is 5.91.